The quantitative estimate of drug-likeness (QED) is 0.621. The van der Waals surface area contributed by atoms with Crippen molar-refractivity contribution in [1.82, 2.24) is 4.90 Å². The number of rotatable bonds is 4. The third kappa shape index (κ3) is 3.14. The molecule has 0 atom stereocenters. The SMILES string of the molecule is COc1cc(F)c(CN(C)CBr)cc1F. The summed E-state index contributed by atoms with van der Waals surface area (Å²) in [4.78, 5) is 1.81. The predicted molar refractivity (Wildman–Crippen MR) is 58.2 cm³/mol. The topological polar surface area (TPSA) is 12.5 Å². The number of hydrogen-bond acceptors (Lipinski definition) is 2. The maximum absolute atomic E-state index is 13.4. The summed E-state index contributed by atoms with van der Waals surface area (Å²) >= 11 is 3.23. The third-order valence-electron chi connectivity index (χ3n) is 1.97. The molecule has 0 aliphatic rings. The molecule has 1 aromatic carbocycles. The summed E-state index contributed by atoms with van der Waals surface area (Å²) in [6.07, 6.45) is 0. The molecule has 0 aliphatic carbocycles. The van der Waals surface area contributed by atoms with Crippen LogP contribution >= 0.6 is 15.9 Å². The monoisotopic (exact) mass is 279 g/mol. The van der Waals surface area contributed by atoms with E-state index in [0.717, 1.165) is 12.1 Å². The highest BCUT2D eigenvalue weighted by atomic mass is 79.9. The highest BCUT2D eigenvalue weighted by Gasteiger charge is 2.11. The molecule has 0 saturated carbocycles. The first-order chi connectivity index (χ1) is 7.08. The van der Waals surface area contributed by atoms with Gasteiger partial charge >= 0.3 is 0 Å². The van der Waals surface area contributed by atoms with Gasteiger partial charge in [-0.15, -0.1) is 0 Å². The Morgan fingerprint density at radius 3 is 2.53 bits per heavy atom. The Balaban J connectivity index is 2.95. The van der Waals surface area contributed by atoms with Crippen molar-refractivity contribution in [3.05, 3.63) is 29.3 Å². The second-order valence-electron chi connectivity index (χ2n) is 3.21. The smallest absolute Gasteiger partial charge is 0.165 e. The van der Waals surface area contributed by atoms with Crippen molar-refractivity contribution >= 4 is 15.9 Å². The molecule has 0 N–H and O–H groups in total. The molecule has 0 fully saturated rings. The van der Waals surface area contributed by atoms with Crippen LogP contribution in [0.3, 0.4) is 0 Å². The van der Waals surface area contributed by atoms with E-state index < -0.39 is 11.6 Å². The Morgan fingerprint density at radius 2 is 2.00 bits per heavy atom. The number of ether oxygens (including phenoxy) is 1. The first-order valence-electron chi connectivity index (χ1n) is 4.35. The van der Waals surface area contributed by atoms with Gasteiger partial charge in [-0.25, -0.2) is 8.78 Å². The van der Waals surface area contributed by atoms with Crippen LogP contribution in [-0.2, 0) is 6.54 Å². The fourth-order valence-electron chi connectivity index (χ4n) is 1.18. The standard InChI is InChI=1S/C10H12BrF2NO/c1-14(6-11)5-7-3-9(13)10(15-2)4-8(7)12/h3-4H,5-6H2,1-2H3. The van der Waals surface area contributed by atoms with Crippen LogP contribution in [0.25, 0.3) is 0 Å². The molecule has 84 valence electrons. The molecule has 1 aromatic rings. The van der Waals surface area contributed by atoms with E-state index >= 15 is 0 Å². The molecule has 5 heteroatoms. The Hall–Kier alpha value is -0.680. The first-order valence-corrected chi connectivity index (χ1v) is 5.47. The van der Waals surface area contributed by atoms with Gasteiger partial charge in [0.05, 0.1) is 12.6 Å². The molecular formula is C10H12BrF2NO. The van der Waals surface area contributed by atoms with Crippen molar-refractivity contribution in [1.29, 1.82) is 0 Å². The Labute approximate surface area is 96.0 Å². The summed E-state index contributed by atoms with van der Waals surface area (Å²) in [5.41, 5.74) is 0.912. The minimum Gasteiger partial charge on any atom is -0.494 e. The van der Waals surface area contributed by atoms with E-state index in [1.165, 1.54) is 7.11 Å². The number of alkyl halides is 1. The van der Waals surface area contributed by atoms with Crippen molar-refractivity contribution in [2.45, 2.75) is 6.54 Å². The number of methoxy groups -OCH3 is 1. The van der Waals surface area contributed by atoms with Crippen molar-refractivity contribution in [3.63, 3.8) is 0 Å². The van der Waals surface area contributed by atoms with Crippen LogP contribution in [0.15, 0.2) is 12.1 Å². The van der Waals surface area contributed by atoms with E-state index in [2.05, 4.69) is 20.7 Å². The molecule has 15 heavy (non-hydrogen) atoms. The fraction of sp³-hybridized carbons (Fsp3) is 0.400. The van der Waals surface area contributed by atoms with Crippen LogP contribution in [0.4, 0.5) is 8.78 Å². The Morgan fingerprint density at radius 1 is 1.33 bits per heavy atom. The minimum atomic E-state index is -0.545. The van der Waals surface area contributed by atoms with Crippen molar-refractivity contribution in [3.8, 4) is 5.75 Å². The summed E-state index contributed by atoms with van der Waals surface area (Å²) in [5, 5.41) is 0. The van der Waals surface area contributed by atoms with Gasteiger partial charge in [0.25, 0.3) is 0 Å². The highest BCUT2D eigenvalue weighted by molar-refractivity contribution is 9.09. The zero-order valence-corrected chi connectivity index (χ0v) is 10.1. The van der Waals surface area contributed by atoms with E-state index in [4.69, 9.17) is 0 Å². The van der Waals surface area contributed by atoms with Crippen LogP contribution < -0.4 is 4.74 Å². The molecule has 2 nitrogen and oxygen atoms in total. The summed E-state index contributed by atoms with van der Waals surface area (Å²) < 4.78 is 31.4. The van der Waals surface area contributed by atoms with Gasteiger partial charge in [0.15, 0.2) is 11.6 Å². The second kappa shape index (κ2) is 5.42. The van der Waals surface area contributed by atoms with Gasteiger partial charge in [0.2, 0.25) is 0 Å². The Bertz CT molecular complexity index is 346. The molecule has 0 radical (unpaired) electrons. The molecule has 0 amide bonds. The number of hydrogen-bond donors (Lipinski definition) is 0. The average Bonchev–Trinajstić information content (AvgIpc) is 2.22. The van der Waals surface area contributed by atoms with Gasteiger partial charge in [-0.1, -0.05) is 15.9 Å². The maximum atomic E-state index is 13.4. The summed E-state index contributed by atoms with van der Waals surface area (Å²) in [7, 11) is 3.11. The lowest BCUT2D eigenvalue weighted by molar-refractivity contribution is 0.366. The van der Waals surface area contributed by atoms with E-state index in [0.29, 0.717) is 17.6 Å². The third-order valence-corrected chi connectivity index (χ3v) is 2.82. The van der Waals surface area contributed by atoms with Gasteiger partial charge in [-0.3, -0.25) is 4.90 Å². The number of nitrogens with zero attached hydrogens (tertiary/aromatic N) is 1. The molecule has 0 saturated heterocycles. The van der Waals surface area contributed by atoms with Crippen molar-refractivity contribution < 1.29 is 13.5 Å². The van der Waals surface area contributed by atoms with Crippen molar-refractivity contribution in [2.24, 2.45) is 0 Å². The van der Waals surface area contributed by atoms with Gasteiger partial charge < -0.3 is 4.74 Å². The van der Waals surface area contributed by atoms with Crippen LogP contribution in [0.5, 0.6) is 5.75 Å². The molecule has 0 spiro atoms. The Kier molecular flexibility index (Phi) is 4.47. The lowest BCUT2D eigenvalue weighted by Gasteiger charge is -2.14. The van der Waals surface area contributed by atoms with E-state index in [9.17, 15) is 8.78 Å². The predicted octanol–water partition coefficient (Wildman–Crippen LogP) is 2.76. The van der Waals surface area contributed by atoms with E-state index in [-0.39, 0.29) is 5.75 Å². The number of benzene rings is 1. The van der Waals surface area contributed by atoms with Gasteiger partial charge in [-0.05, 0) is 13.1 Å². The zero-order chi connectivity index (χ0) is 11.4. The molecule has 0 aliphatic heterocycles. The molecular weight excluding hydrogens is 268 g/mol. The van der Waals surface area contributed by atoms with Crippen LogP contribution in [0, 0.1) is 11.6 Å². The van der Waals surface area contributed by atoms with Crippen LogP contribution in [0.2, 0.25) is 0 Å². The minimum absolute atomic E-state index is 0.0715. The average molecular weight is 280 g/mol. The molecule has 0 aromatic heterocycles. The summed E-state index contributed by atoms with van der Waals surface area (Å²) in [5.74, 6) is -1.07. The van der Waals surface area contributed by atoms with Gasteiger partial charge in [0, 0.05) is 18.2 Å². The maximum Gasteiger partial charge on any atom is 0.165 e. The second-order valence-corrected chi connectivity index (χ2v) is 3.71. The first kappa shape index (κ1) is 12.4. The summed E-state index contributed by atoms with van der Waals surface area (Å²) in [6, 6.07) is 2.22. The zero-order valence-electron chi connectivity index (χ0n) is 8.56. The fourth-order valence-corrected chi connectivity index (χ4v) is 1.36. The van der Waals surface area contributed by atoms with Crippen LogP contribution in [-0.4, -0.2) is 24.5 Å². The largest absolute Gasteiger partial charge is 0.494 e. The van der Waals surface area contributed by atoms with E-state index in [1.807, 2.05) is 4.90 Å². The molecule has 0 bridgehead atoms. The molecule has 0 unspecified atom stereocenters. The van der Waals surface area contributed by atoms with Gasteiger partial charge in [0.1, 0.15) is 5.82 Å². The lowest BCUT2D eigenvalue weighted by Crippen LogP contribution is -2.16. The lowest BCUT2D eigenvalue weighted by atomic mass is 10.2. The molecule has 0 heterocycles. The van der Waals surface area contributed by atoms with Crippen LogP contribution in [0.1, 0.15) is 5.56 Å². The summed E-state index contributed by atoms with van der Waals surface area (Å²) in [6.45, 7) is 0.345. The molecule has 1 rings (SSSR count). The van der Waals surface area contributed by atoms with E-state index in [1.54, 1.807) is 7.05 Å². The highest BCUT2D eigenvalue weighted by Crippen LogP contribution is 2.22. The van der Waals surface area contributed by atoms with Gasteiger partial charge in [-0.2, -0.15) is 0 Å². The van der Waals surface area contributed by atoms with Crippen molar-refractivity contribution in [2.75, 3.05) is 19.6 Å². The number of halogens is 3. The normalized spacial score (nSPS) is 10.8.